The molecular weight excluding hydrogens is 608 g/mol. The number of allylic oxidation sites excluding steroid dienone is 1. The zero-order valence-electron chi connectivity index (χ0n) is 21.7. The molecule has 1 heterocycles. The van der Waals surface area contributed by atoms with Crippen LogP contribution in [0.3, 0.4) is 0 Å². The van der Waals surface area contributed by atoms with Crippen LogP contribution in [-0.2, 0) is 21.4 Å². The van der Waals surface area contributed by atoms with E-state index in [-0.39, 0.29) is 39.7 Å². The summed E-state index contributed by atoms with van der Waals surface area (Å²) in [5.74, 6) is -1.83. The summed E-state index contributed by atoms with van der Waals surface area (Å²) in [6, 6.07) is 25.9. The van der Waals surface area contributed by atoms with Crippen molar-refractivity contribution in [1.29, 1.82) is 0 Å². The number of benzene rings is 4. The minimum atomic E-state index is -4.00. The van der Waals surface area contributed by atoms with E-state index in [0.29, 0.717) is 5.57 Å². The Bertz CT molecular complexity index is 1820. The summed E-state index contributed by atoms with van der Waals surface area (Å²) in [6.45, 7) is 1.62. The number of nitrogens with zero attached hydrogens (tertiary/aromatic N) is 1. The smallest absolute Gasteiger partial charge is 0.335 e. The summed E-state index contributed by atoms with van der Waals surface area (Å²) in [7, 11) is -4.00. The molecule has 0 unspecified atom stereocenters. The van der Waals surface area contributed by atoms with Gasteiger partial charge in [0.2, 0.25) is 0 Å². The van der Waals surface area contributed by atoms with Crippen LogP contribution in [0.1, 0.15) is 44.3 Å². The van der Waals surface area contributed by atoms with Crippen molar-refractivity contribution in [2.45, 2.75) is 18.4 Å². The number of carbonyl (C=O) groups is 3. The summed E-state index contributed by atoms with van der Waals surface area (Å²) >= 11 is 3.52. The van der Waals surface area contributed by atoms with E-state index in [9.17, 15) is 22.8 Å². The van der Waals surface area contributed by atoms with Crippen LogP contribution in [0.2, 0.25) is 0 Å². The van der Waals surface area contributed by atoms with Gasteiger partial charge in [-0.3, -0.25) is 19.2 Å². The number of Topliss-reactive ketones (excluding diaryl/α,β-unsaturated/α-hetero) is 1. The number of amides is 1. The maximum absolute atomic E-state index is 13.8. The van der Waals surface area contributed by atoms with E-state index in [1.807, 2.05) is 48.5 Å². The Kier molecular flexibility index (Phi) is 7.61. The summed E-state index contributed by atoms with van der Waals surface area (Å²) in [5.41, 5.74) is 3.93. The summed E-state index contributed by atoms with van der Waals surface area (Å²) in [4.78, 5) is 39.3. The first kappa shape index (κ1) is 28.0. The van der Waals surface area contributed by atoms with Crippen LogP contribution in [0.4, 0.5) is 5.69 Å². The summed E-state index contributed by atoms with van der Waals surface area (Å²) in [6.07, 6.45) is 0. The number of fused-ring (bicyclic) bond motifs is 1. The number of carboxylic acids is 1. The number of anilines is 1. The fraction of sp³-hybridized carbons (Fsp3) is 0.0645. The maximum Gasteiger partial charge on any atom is 0.335 e. The Balaban J connectivity index is 1.47. The fourth-order valence-corrected chi connectivity index (χ4v) is 6.11. The number of hydrogen-bond acceptors (Lipinski definition) is 5. The summed E-state index contributed by atoms with van der Waals surface area (Å²) in [5, 5.41) is 9.04. The number of rotatable bonds is 7. The molecule has 41 heavy (non-hydrogen) atoms. The van der Waals surface area contributed by atoms with Crippen LogP contribution >= 0.6 is 15.9 Å². The van der Waals surface area contributed by atoms with Crippen molar-refractivity contribution in [3.05, 3.63) is 135 Å². The van der Waals surface area contributed by atoms with Gasteiger partial charge in [-0.1, -0.05) is 52.3 Å². The molecule has 1 aliphatic rings. The van der Waals surface area contributed by atoms with Gasteiger partial charge in [0, 0.05) is 28.2 Å². The van der Waals surface area contributed by atoms with E-state index in [0.717, 1.165) is 21.2 Å². The second kappa shape index (κ2) is 11.1. The van der Waals surface area contributed by atoms with Crippen LogP contribution in [-0.4, -0.2) is 36.1 Å². The normalized spacial score (nSPS) is 13.0. The molecule has 0 spiro atoms. The van der Waals surface area contributed by atoms with Crippen LogP contribution in [0.15, 0.2) is 112 Å². The van der Waals surface area contributed by atoms with Gasteiger partial charge in [-0.15, -0.1) is 0 Å². The molecule has 0 saturated heterocycles. The molecule has 4 aromatic carbocycles. The SMILES string of the molecule is CC(=O)C1=C(c2ccccc2)c2cc(Br)ccc2CN1C(=O)c1ccc(NS(=O)(=O)c2ccc(C(=O)O)cc2)cc1. The standard InChI is InChI=1S/C31H23BrN2O6S/c1-19(35)29-28(20-5-3-2-4-6-20)27-17-24(32)12-7-23(27)18-34(29)30(36)21-8-13-25(14-9-21)33-41(39,40)26-15-10-22(11-16-26)31(37)38/h2-17,33H,18H2,1H3,(H,37,38). The average Bonchev–Trinajstić information content (AvgIpc) is 2.96. The third-order valence-corrected chi connectivity index (χ3v) is 8.50. The number of carbonyl (C=O) groups excluding carboxylic acids is 2. The Labute approximate surface area is 245 Å². The van der Waals surface area contributed by atoms with E-state index in [1.54, 1.807) is 0 Å². The first-order valence-electron chi connectivity index (χ1n) is 12.4. The lowest BCUT2D eigenvalue weighted by atomic mass is 9.87. The molecule has 8 nitrogen and oxygen atoms in total. The van der Waals surface area contributed by atoms with Crippen molar-refractivity contribution in [2.75, 3.05) is 4.72 Å². The molecule has 1 amide bonds. The van der Waals surface area contributed by atoms with Gasteiger partial charge in [-0.25, -0.2) is 13.2 Å². The predicted octanol–water partition coefficient (Wildman–Crippen LogP) is 5.95. The quantitative estimate of drug-likeness (QED) is 0.260. The highest BCUT2D eigenvalue weighted by Crippen LogP contribution is 2.38. The van der Waals surface area contributed by atoms with Crippen LogP contribution < -0.4 is 4.72 Å². The number of sulfonamides is 1. The molecule has 0 atom stereocenters. The molecule has 0 aromatic heterocycles. The molecule has 1 aliphatic heterocycles. The van der Waals surface area contributed by atoms with E-state index < -0.39 is 21.9 Å². The molecule has 0 radical (unpaired) electrons. The van der Waals surface area contributed by atoms with E-state index >= 15 is 0 Å². The van der Waals surface area contributed by atoms with Gasteiger partial charge in [0.15, 0.2) is 5.78 Å². The molecule has 0 aliphatic carbocycles. The zero-order valence-corrected chi connectivity index (χ0v) is 24.1. The maximum atomic E-state index is 13.8. The Hall–Kier alpha value is -4.54. The zero-order chi connectivity index (χ0) is 29.3. The number of hydrogen-bond donors (Lipinski definition) is 2. The average molecular weight is 632 g/mol. The second-order valence-electron chi connectivity index (χ2n) is 9.35. The molecule has 0 saturated carbocycles. The molecule has 4 aromatic rings. The summed E-state index contributed by atoms with van der Waals surface area (Å²) < 4.78 is 28.9. The van der Waals surface area contributed by atoms with Gasteiger partial charge in [-0.05, 0) is 77.4 Å². The van der Waals surface area contributed by atoms with Crippen LogP contribution in [0.25, 0.3) is 5.57 Å². The third kappa shape index (κ3) is 5.70. The number of carboxylic acid groups (broad SMARTS) is 1. The molecule has 206 valence electrons. The predicted molar refractivity (Wildman–Crippen MR) is 158 cm³/mol. The van der Waals surface area contributed by atoms with Gasteiger partial charge < -0.3 is 5.11 Å². The molecule has 0 bridgehead atoms. The molecule has 10 heteroatoms. The van der Waals surface area contributed by atoms with Gasteiger partial charge in [-0.2, -0.15) is 0 Å². The van der Waals surface area contributed by atoms with Gasteiger partial charge >= 0.3 is 5.97 Å². The largest absolute Gasteiger partial charge is 0.478 e. The van der Waals surface area contributed by atoms with Crippen molar-refractivity contribution in [3.63, 3.8) is 0 Å². The highest BCUT2D eigenvalue weighted by molar-refractivity contribution is 9.10. The number of halogens is 1. The topological polar surface area (TPSA) is 121 Å². The van der Waals surface area contributed by atoms with Crippen molar-refractivity contribution in [3.8, 4) is 0 Å². The fourth-order valence-electron chi connectivity index (χ4n) is 4.70. The van der Waals surface area contributed by atoms with Gasteiger partial charge in [0.25, 0.3) is 15.9 Å². The Morgan fingerprint density at radius 2 is 1.49 bits per heavy atom. The highest BCUT2D eigenvalue weighted by atomic mass is 79.9. The molecule has 0 fully saturated rings. The number of ketones is 1. The van der Waals surface area contributed by atoms with Crippen molar-refractivity contribution in [2.24, 2.45) is 0 Å². The Morgan fingerprint density at radius 3 is 2.10 bits per heavy atom. The number of aromatic carboxylic acids is 1. The first-order valence-corrected chi connectivity index (χ1v) is 14.7. The highest BCUT2D eigenvalue weighted by Gasteiger charge is 2.33. The van der Waals surface area contributed by atoms with E-state index in [1.165, 1.54) is 60.4 Å². The van der Waals surface area contributed by atoms with Crippen LogP contribution in [0, 0.1) is 0 Å². The molecule has 2 N–H and O–H groups in total. The van der Waals surface area contributed by atoms with Crippen molar-refractivity contribution in [1.82, 2.24) is 4.90 Å². The van der Waals surface area contributed by atoms with E-state index in [4.69, 9.17) is 5.11 Å². The second-order valence-corrected chi connectivity index (χ2v) is 11.9. The molecule has 5 rings (SSSR count). The lowest BCUT2D eigenvalue weighted by molar-refractivity contribution is -0.114. The number of nitrogens with one attached hydrogen (secondary N) is 1. The van der Waals surface area contributed by atoms with Gasteiger partial charge in [0.05, 0.1) is 22.7 Å². The molecular formula is C31H23BrN2O6S. The van der Waals surface area contributed by atoms with E-state index in [2.05, 4.69) is 20.7 Å². The third-order valence-electron chi connectivity index (χ3n) is 6.61. The lowest BCUT2D eigenvalue weighted by Crippen LogP contribution is -2.36. The minimum absolute atomic E-state index is 0.0332. The first-order chi connectivity index (χ1) is 19.5. The van der Waals surface area contributed by atoms with Gasteiger partial charge in [0.1, 0.15) is 0 Å². The van der Waals surface area contributed by atoms with Crippen molar-refractivity contribution >= 4 is 54.9 Å². The minimum Gasteiger partial charge on any atom is -0.478 e. The van der Waals surface area contributed by atoms with Crippen molar-refractivity contribution < 1.29 is 27.9 Å². The monoisotopic (exact) mass is 630 g/mol. The Morgan fingerprint density at radius 1 is 0.854 bits per heavy atom. The lowest BCUT2D eigenvalue weighted by Gasteiger charge is -2.33. The van der Waals surface area contributed by atoms with Crippen LogP contribution in [0.5, 0.6) is 0 Å².